The van der Waals surface area contributed by atoms with Crippen molar-refractivity contribution in [1.29, 1.82) is 0 Å². The van der Waals surface area contributed by atoms with Gasteiger partial charge in [0.25, 0.3) is 0 Å². The monoisotopic (exact) mass is 578 g/mol. The molecule has 0 aliphatic carbocycles. The summed E-state index contributed by atoms with van der Waals surface area (Å²) < 4.78 is 0. The number of carbonyl (C=O) groups is 3. The standard InChI is InChI=1S/C35H31ClN2O4/c36-27-18-16-26(17-19-27)30(23-10-4-1-5-11-23)33(39)37-22-28-20-21-29(32(37)35(41)42)38(28)34(40)31(24-12-6-2-7-13-24)25-14-8-3-9-15-25/h1-19,28-32H,20-22H2,(H,41,42)/t28-,29+,30?,32-/m0/s1. The molecule has 1 unspecified atom stereocenters. The van der Waals surface area contributed by atoms with Crippen LogP contribution in [0.25, 0.3) is 0 Å². The third-order valence-electron chi connectivity index (χ3n) is 8.54. The topological polar surface area (TPSA) is 77.9 Å². The van der Waals surface area contributed by atoms with Crippen LogP contribution in [0, 0.1) is 0 Å². The fraction of sp³-hybridized carbons (Fsp3) is 0.229. The highest BCUT2D eigenvalue weighted by molar-refractivity contribution is 6.30. The van der Waals surface area contributed by atoms with Crippen LogP contribution >= 0.6 is 11.6 Å². The molecule has 4 aromatic rings. The van der Waals surface area contributed by atoms with E-state index in [0.29, 0.717) is 17.9 Å². The lowest BCUT2D eigenvalue weighted by Gasteiger charge is -2.47. The van der Waals surface area contributed by atoms with Crippen LogP contribution in [-0.4, -0.2) is 57.4 Å². The van der Waals surface area contributed by atoms with Gasteiger partial charge in [-0.3, -0.25) is 9.59 Å². The highest BCUT2D eigenvalue weighted by atomic mass is 35.5. The number of fused-ring (bicyclic) bond motifs is 2. The van der Waals surface area contributed by atoms with Gasteiger partial charge in [-0.1, -0.05) is 115 Å². The van der Waals surface area contributed by atoms with Gasteiger partial charge in [0.1, 0.15) is 6.04 Å². The van der Waals surface area contributed by atoms with Crippen LogP contribution in [0.4, 0.5) is 0 Å². The van der Waals surface area contributed by atoms with Crippen molar-refractivity contribution in [3.63, 3.8) is 0 Å². The molecule has 7 heteroatoms. The second-order valence-corrected chi connectivity index (χ2v) is 11.4. The fourth-order valence-corrected chi connectivity index (χ4v) is 6.81. The number of carboxylic acid groups (broad SMARTS) is 1. The van der Waals surface area contributed by atoms with Crippen LogP contribution < -0.4 is 0 Å². The first-order valence-corrected chi connectivity index (χ1v) is 14.6. The van der Waals surface area contributed by atoms with Crippen molar-refractivity contribution in [2.75, 3.05) is 6.54 Å². The zero-order valence-corrected chi connectivity index (χ0v) is 23.7. The summed E-state index contributed by atoms with van der Waals surface area (Å²) in [5.41, 5.74) is 3.21. The maximum atomic E-state index is 14.4. The van der Waals surface area contributed by atoms with E-state index < -0.39 is 29.9 Å². The van der Waals surface area contributed by atoms with E-state index in [1.165, 1.54) is 4.90 Å². The summed E-state index contributed by atoms with van der Waals surface area (Å²) in [6.45, 7) is 0.158. The molecular formula is C35H31ClN2O4. The van der Waals surface area contributed by atoms with Crippen LogP contribution in [0.3, 0.4) is 0 Å². The van der Waals surface area contributed by atoms with E-state index in [9.17, 15) is 19.5 Å². The van der Waals surface area contributed by atoms with Gasteiger partial charge < -0.3 is 14.9 Å². The number of nitrogens with zero attached hydrogens (tertiary/aromatic N) is 2. The minimum Gasteiger partial charge on any atom is -0.480 e. The predicted molar refractivity (Wildman–Crippen MR) is 161 cm³/mol. The van der Waals surface area contributed by atoms with Crippen LogP contribution in [-0.2, 0) is 14.4 Å². The summed E-state index contributed by atoms with van der Waals surface area (Å²) in [5.74, 6) is -2.80. The van der Waals surface area contributed by atoms with Crippen molar-refractivity contribution in [2.24, 2.45) is 0 Å². The van der Waals surface area contributed by atoms with E-state index in [0.717, 1.165) is 22.3 Å². The second-order valence-electron chi connectivity index (χ2n) is 11.0. The number of carbonyl (C=O) groups excluding carboxylic acids is 2. The molecule has 6 rings (SSSR count). The summed E-state index contributed by atoms with van der Waals surface area (Å²) in [7, 11) is 0. The van der Waals surface area contributed by atoms with Crippen LogP contribution in [0.1, 0.15) is 46.9 Å². The largest absolute Gasteiger partial charge is 0.480 e. The Morgan fingerprint density at radius 2 is 1.10 bits per heavy atom. The Kier molecular flexibility index (Phi) is 7.81. The van der Waals surface area contributed by atoms with Crippen molar-refractivity contribution in [2.45, 2.75) is 42.8 Å². The molecular weight excluding hydrogens is 548 g/mol. The summed E-state index contributed by atoms with van der Waals surface area (Å²) in [4.78, 5) is 45.0. The smallest absolute Gasteiger partial charge is 0.328 e. The average Bonchev–Trinajstić information content (AvgIpc) is 3.32. The second kappa shape index (κ2) is 11.8. The lowest BCUT2D eigenvalue weighted by atomic mass is 9.87. The van der Waals surface area contributed by atoms with Crippen molar-refractivity contribution in [3.8, 4) is 0 Å². The number of amides is 2. The number of rotatable bonds is 7. The predicted octanol–water partition coefficient (Wildman–Crippen LogP) is 5.96. The van der Waals surface area contributed by atoms with Crippen LogP contribution in [0.15, 0.2) is 115 Å². The number of carboxylic acids is 1. The van der Waals surface area contributed by atoms with Crippen LogP contribution in [0.5, 0.6) is 0 Å². The van der Waals surface area contributed by atoms with Gasteiger partial charge in [-0.15, -0.1) is 0 Å². The molecule has 212 valence electrons. The molecule has 2 heterocycles. The van der Waals surface area contributed by atoms with E-state index in [4.69, 9.17) is 11.6 Å². The molecule has 6 nitrogen and oxygen atoms in total. The molecule has 2 saturated heterocycles. The summed E-state index contributed by atoms with van der Waals surface area (Å²) in [6.07, 6.45) is 1.15. The van der Waals surface area contributed by atoms with Crippen LogP contribution in [0.2, 0.25) is 5.02 Å². The molecule has 2 fully saturated rings. The van der Waals surface area contributed by atoms with Gasteiger partial charge in [-0.25, -0.2) is 4.79 Å². The first kappa shape index (κ1) is 27.7. The fourth-order valence-electron chi connectivity index (χ4n) is 6.68. The molecule has 4 aromatic carbocycles. The normalized spacial score (nSPS) is 20.4. The van der Waals surface area contributed by atoms with Gasteiger partial charge in [-0.05, 0) is 47.2 Å². The molecule has 2 aliphatic heterocycles. The number of hydrogen-bond donors (Lipinski definition) is 1. The van der Waals surface area contributed by atoms with Gasteiger partial charge in [0.15, 0.2) is 0 Å². The Hall–Kier alpha value is -4.42. The maximum Gasteiger partial charge on any atom is 0.328 e. The maximum absolute atomic E-state index is 14.4. The zero-order valence-electron chi connectivity index (χ0n) is 22.9. The molecule has 0 radical (unpaired) electrons. The lowest BCUT2D eigenvalue weighted by Crippen LogP contribution is -2.66. The summed E-state index contributed by atoms with van der Waals surface area (Å²) in [6, 6.07) is 33.6. The molecule has 1 N–H and O–H groups in total. The molecule has 4 atom stereocenters. The van der Waals surface area contributed by atoms with E-state index >= 15 is 0 Å². The van der Waals surface area contributed by atoms with Gasteiger partial charge >= 0.3 is 5.97 Å². The molecule has 2 amide bonds. The van der Waals surface area contributed by atoms with Gasteiger partial charge in [0.05, 0.1) is 17.9 Å². The molecule has 0 saturated carbocycles. The number of piperazine rings is 1. The molecule has 0 aromatic heterocycles. The molecule has 2 bridgehead atoms. The third kappa shape index (κ3) is 5.19. The zero-order chi connectivity index (χ0) is 29.2. The van der Waals surface area contributed by atoms with Gasteiger partial charge in [0.2, 0.25) is 11.8 Å². The Labute approximate surface area is 250 Å². The highest BCUT2D eigenvalue weighted by Gasteiger charge is 2.54. The van der Waals surface area contributed by atoms with Crippen molar-refractivity contribution in [3.05, 3.63) is 143 Å². The molecule has 0 spiro atoms. The van der Waals surface area contributed by atoms with E-state index in [-0.39, 0.29) is 24.4 Å². The number of likely N-dealkylation sites (tertiary alicyclic amines) is 1. The van der Waals surface area contributed by atoms with Crippen molar-refractivity contribution >= 4 is 29.4 Å². The van der Waals surface area contributed by atoms with Gasteiger partial charge in [0, 0.05) is 17.6 Å². The Bertz CT molecular complexity index is 1520. The first-order valence-electron chi connectivity index (χ1n) is 14.2. The highest BCUT2D eigenvalue weighted by Crippen LogP contribution is 2.40. The number of aliphatic carboxylic acids is 1. The number of benzene rings is 4. The van der Waals surface area contributed by atoms with Crippen molar-refractivity contribution in [1.82, 2.24) is 9.80 Å². The van der Waals surface area contributed by atoms with Gasteiger partial charge in [-0.2, -0.15) is 0 Å². The first-order chi connectivity index (χ1) is 20.4. The van der Waals surface area contributed by atoms with E-state index in [2.05, 4.69) is 0 Å². The molecule has 2 aliphatic rings. The van der Waals surface area contributed by atoms with E-state index in [1.807, 2.05) is 103 Å². The van der Waals surface area contributed by atoms with Crippen molar-refractivity contribution < 1.29 is 19.5 Å². The minimum absolute atomic E-state index is 0.129. The minimum atomic E-state index is -1.16. The number of hydrogen-bond acceptors (Lipinski definition) is 3. The Morgan fingerprint density at radius 1 is 0.643 bits per heavy atom. The number of halogens is 1. The van der Waals surface area contributed by atoms with E-state index in [1.54, 1.807) is 17.0 Å². The Balaban J connectivity index is 1.36. The summed E-state index contributed by atoms with van der Waals surface area (Å²) in [5, 5.41) is 11.1. The summed E-state index contributed by atoms with van der Waals surface area (Å²) >= 11 is 6.15. The average molecular weight is 579 g/mol. The third-order valence-corrected chi connectivity index (χ3v) is 8.79. The quantitative estimate of drug-likeness (QED) is 0.294. The lowest BCUT2D eigenvalue weighted by molar-refractivity contribution is -0.161. The molecule has 42 heavy (non-hydrogen) atoms. The Morgan fingerprint density at radius 3 is 1.57 bits per heavy atom. The SMILES string of the molecule is O=C(O)[C@@H]1[C@H]2CC[C@@H](CN1C(=O)C(c1ccccc1)c1ccc(Cl)cc1)N2C(=O)C(c1ccccc1)c1ccccc1.